The lowest BCUT2D eigenvalue weighted by atomic mass is 10.0. The molecule has 3 aromatic rings. The summed E-state index contributed by atoms with van der Waals surface area (Å²) in [7, 11) is 1.85. The Labute approximate surface area is 105 Å². The number of hydrogen-bond donors (Lipinski definition) is 1. The third-order valence-corrected chi connectivity index (χ3v) is 3.20. The summed E-state index contributed by atoms with van der Waals surface area (Å²) in [6.45, 7) is 0. The molecule has 3 rings (SSSR count). The minimum absolute atomic E-state index is 0.199. The molecule has 0 saturated heterocycles. The van der Waals surface area contributed by atoms with E-state index in [-0.39, 0.29) is 6.04 Å². The second-order valence-corrected chi connectivity index (χ2v) is 4.37. The van der Waals surface area contributed by atoms with Crippen molar-refractivity contribution in [1.82, 2.24) is 15.0 Å². The largest absolute Gasteiger partial charge is 0.319 e. The first-order valence-corrected chi connectivity index (χ1v) is 5.84. The van der Waals surface area contributed by atoms with Crippen molar-refractivity contribution >= 4 is 10.8 Å². The summed E-state index contributed by atoms with van der Waals surface area (Å²) in [6.07, 6.45) is 1.71. The zero-order valence-electron chi connectivity index (χ0n) is 10.1. The normalized spacial score (nSPS) is 12.8. The van der Waals surface area contributed by atoms with Gasteiger partial charge in [0.2, 0.25) is 0 Å². The smallest absolute Gasteiger partial charge is 0.0796 e. The third-order valence-electron chi connectivity index (χ3n) is 3.20. The molecule has 0 fully saturated rings. The van der Waals surface area contributed by atoms with Crippen molar-refractivity contribution in [3.8, 4) is 0 Å². The molecule has 2 N–H and O–H groups in total. The molecule has 0 bridgehead atoms. The van der Waals surface area contributed by atoms with Crippen LogP contribution in [0.1, 0.15) is 17.3 Å². The Balaban J connectivity index is 2.07. The van der Waals surface area contributed by atoms with Gasteiger partial charge in [-0.1, -0.05) is 41.6 Å². The van der Waals surface area contributed by atoms with Crippen LogP contribution in [0.15, 0.2) is 48.7 Å². The van der Waals surface area contributed by atoms with Crippen LogP contribution in [0, 0.1) is 0 Å². The van der Waals surface area contributed by atoms with E-state index in [2.05, 4.69) is 40.6 Å². The van der Waals surface area contributed by atoms with Gasteiger partial charge in [0.25, 0.3) is 0 Å². The van der Waals surface area contributed by atoms with Gasteiger partial charge in [-0.05, 0) is 22.4 Å². The maximum Gasteiger partial charge on any atom is 0.0796 e. The molecule has 0 aliphatic rings. The van der Waals surface area contributed by atoms with Crippen molar-refractivity contribution in [1.29, 1.82) is 0 Å². The van der Waals surface area contributed by atoms with E-state index in [9.17, 15) is 0 Å². The number of hydrogen-bond acceptors (Lipinski definition) is 3. The Morgan fingerprint density at radius 3 is 2.61 bits per heavy atom. The van der Waals surface area contributed by atoms with Gasteiger partial charge < -0.3 is 5.73 Å². The van der Waals surface area contributed by atoms with Gasteiger partial charge >= 0.3 is 0 Å². The molecular weight excluding hydrogens is 224 g/mol. The summed E-state index contributed by atoms with van der Waals surface area (Å²) in [4.78, 5) is 0. The molecule has 0 aliphatic heterocycles. The van der Waals surface area contributed by atoms with Crippen molar-refractivity contribution in [2.75, 3.05) is 0 Å². The second kappa shape index (κ2) is 4.23. The van der Waals surface area contributed by atoms with Crippen molar-refractivity contribution in [3.63, 3.8) is 0 Å². The summed E-state index contributed by atoms with van der Waals surface area (Å²) >= 11 is 0. The predicted molar refractivity (Wildman–Crippen MR) is 71.0 cm³/mol. The molecule has 1 heterocycles. The molecule has 0 saturated carbocycles. The quantitative estimate of drug-likeness (QED) is 0.743. The minimum Gasteiger partial charge on any atom is -0.319 e. The first kappa shape index (κ1) is 10.9. The van der Waals surface area contributed by atoms with Crippen LogP contribution in [-0.2, 0) is 7.05 Å². The minimum atomic E-state index is -0.199. The fourth-order valence-corrected chi connectivity index (χ4v) is 2.15. The average molecular weight is 238 g/mol. The number of aromatic nitrogens is 3. The lowest BCUT2D eigenvalue weighted by molar-refractivity contribution is 0.651. The van der Waals surface area contributed by atoms with E-state index in [1.807, 2.05) is 19.2 Å². The maximum atomic E-state index is 6.25. The summed E-state index contributed by atoms with van der Waals surface area (Å²) in [5.74, 6) is 0. The lowest BCUT2D eigenvalue weighted by Gasteiger charge is -2.12. The van der Waals surface area contributed by atoms with Crippen LogP contribution in [0.2, 0.25) is 0 Å². The zero-order chi connectivity index (χ0) is 12.5. The highest BCUT2D eigenvalue weighted by Gasteiger charge is 2.13. The van der Waals surface area contributed by atoms with Gasteiger partial charge in [-0.15, -0.1) is 5.10 Å². The first-order chi connectivity index (χ1) is 8.75. The number of nitrogens with two attached hydrogens (primary N) is 1. The molecule has 4 nitrogen and oxygen atoms in total. The molecule has 0 spiro atoms. The predicted octanol–water partition coefficient (Wildman–Crippen LogP) is 2.02. The highest BCUT2D eigenvalue weighted by atomic mass is 15.4. The van der Waals surface area contributed by atoms with E-state index in [1.165, 1.54) is 10.8 Å². The number of nitrogens with zero attached hydrogens (tertiary/aromatic N) is 3. The Morgan fingerprint density at radius 1 is 1.11 bits per heavy atom. The Hall–Kier alpha value is -2.20. The molecule has 1 aromatic heterocycles. The van der Waals surface area contributed by atoms with Crippen LogP contribution >= 0.6 is 0 Å². The van der Waals surface area contributed by atoms with Gasteiger partial charge in [0.1, 0.15) is 0 Å². The number of fused-ring (bicyclic) bond motifs is 1. The van der Waals surface area contributed by atoms with Crippen LogP contribution in [0.4, 0.5) is 0 Å². The fraction of sp³-hybridized carbons (Fsp3) is 0.143. The Bertz CT molecular complexity index is 687. The van der Waals surface area contributed by atoms with Gasteiger partial charge in [-0.3, -0.25) is 4.68 Å². The van der Waals surface area contributed by atoms with E-state index in [1.54, 1.807) is 10.9 Å². The molecule has 18 heavy (non-hydrogen) atoms. The van der Waals surface area contributed by atoms with Crippen molar-refractivity contribution < 1.29 is 0 Å². The highest BCUT2D eigenvalue weighted by Crippen LogP contribution is 2.22. The standard InChI is InChI=1S/C14H14N4/c1-18-13(9-16-17-18)14(15)12-7-6-10-4-2-3-5-11(10)8-12/h2-9,14H,15H2,1H3. The topological polar surface area (TPSA) is 56.7 Å². The van der Waals surface area contributed by atoms with Crippen LogP contribution < -0.4 is 5.73 Å². The molecule has 90 valence electrons. The van der Waals surface area contributed by atoms with E-state index in [0.717, 1.165) is 11.3 Å². The van der Waals surface area contributed by atoms with Crippen molar-refractivity contribution in [2.24, 2.45) is 12.8 Å². The second-order valence-electron chi connectivity index (χ2n) is 4.37. The molecule has 4 heteroatoms. The highest BCUT2D eigenvalue weighted by molar-refractivity contribution is 5.83. The van der Waals surface area contributed by atoms with Crippen LogP contribution in [0.5, 0.6) is 0 Å². The monoisotopic (exact) mass is 238 g/mol. The average Bonchev–Trinajstić information content (AvgIpc) is 2.83. The van der Waals surface area contributed by atoms with Crippen molar-refractivity contribution in [2.45, 2.75) is 6.04 Å². The molecular formula is C14H14N4. The molecule has 1 atom stereocenters. The van der Waals surface area contributed by atoms with Gasteiger partial charge in [0, 0.05) is 7.05 Å². The summed E-state index contributed by atoms with van der Waals surface area (Å²) in [5.41, 5.74) is 8.23. The van der Waals surface area contributed by atoms with Crippen LogP contribution in [0.3, 0.4) is 0 Å². The van der Waals surface area contributed by atoms with Crippen LogP contribution in [-0.4, -0.2) is 15.0 Å². The van der Waals surface area contributed by atoms with Gasteiger partial charge in [-0.25, -0.2) is 0 Å². The molecule has 0 aliphatic carbocycles. The maximum absolute atomic E-state index is 6.25. The van der Waals surface area contributed by atoms with Gasteiger partial charge in [0.05, 0.1) is 17.9 Å². The van der Waals surface area contributed by atoms with E-state index >= 15 is 0 Å². The zero-order valence-corrected chi connectivity index (χ0v) is 10.1. The molecule has 1 unspecified atom stereocenters. The number of aryl methyl sites for hydroxylation is 1. The third kappa shape index (κ3) is 1.76. The van der Waals surface area contributed by atoms with Gasteiger partial charge in [0.15, 0.2) is 0 Å². The van der Waals surface area contributed by atoms with E-state index in [4.69, 9.17) is 5.73 Å². The van der Waals surface area contributed by atoms with Gasteiger partial charge in [-0.2, -0.15) is 0 Å². The fourth-order valence-electron chi connectivity index (χ4n) is 2.15. The Morgan fingerprint density at radius 2 is 1.89 bits per heavy atom. The number of benzene rings is 2. The molecule has 0 amide bonds. The lowest BCUT2D eigenvalue weighted by Crippen LogP contribution is -2.15. The van der Waals surface area contributed by atoms with Crippen LogP contribution in [0.25, 0.3) is 10.8 Å². The molecule has 0 radical (unpaired) electrons. The summed E-state index contributed by atoms with van der Waals surface area (Å²) in [6, 6.07) is 14.3. The number of rotatable bonds is 2. The van der Waals surface area contributed by atoms with E-state index < -0.39 is 0 Å². The summed E-state index contributed by atoms with van der Waals surface area (Å²) < 4.78 is 1.71. The molecule has 2 aromatic carbocycles. The first-order valence-electron chi connectivity index (χ1n) is 5.84. The Kier molecular flexibility index (Phi) is 2.57. The van der Waals surface area contributed by atoms with Crippen molar-refractivity contribution in [3.05, 3.63) is 59.9 Å². The summed E-state index contributed by atoms with van der Waals surface area (Å²) in [5, 5.41) is 10.2. The van der Waals surface area contributed by atoms with E-state index in [0.29, 0.717) is 0 Å². The SMILES string of the molecule is Cn1nncc1C(N)c1ccc2ccccc2c1.